The maximum Gasteiger partial charge on any atom is 0.296 e. The fraction of sp³-hybridized carbons (Fsp3) is 0.185. The van der Waals surface area contributed by atoms with Crippen LogP contribution in [-0.2, 0) is 29.6 Å². The van der Waals surface area contributed by atoms with Crippen molar-refractivity contribution in [2.75, 3.05) is 6.61 Å². The van der Waals surface area contributed by atoms with Crippen LogP contribution in [0.3, 0.4) is 0 Å². The molecule has 1 saturated heterocycles. The second-order valence-corrected chi connectivity index (χ2v) is 8.64. The molecule has 2 aromatic carbocycles. The van der Waals surface area contributed by atoms with Gasteiger partial charge in [0.15, 0.2) is 0 Å². The number of carbonyl (C=O) groups is 2. The molecule has 1 unspecified atom stereocenters. The van der Waals surface area contributed by atoms with Gasteiger partial charge in [0.25, 0.3) is 11.7 Å². The van der Waals surface area contributed by atoms with E-state index in [4.69, 9.17) is 9.15 Å². The van der Waals surface area contributed by atoms with Gasteiger partial charge in [-0.25, -0.2) is 0 Å². The van der Waals surface area contributed by atoms with Gasteiger partial charge in [0.05, 0.1) is 31.0 Å². The van der Waals surface area contributed by atoms with Crippen LogP contribution in [-0.4, -0.2) is 32.9 Å². The lowest BCUT2D eigenvalue weighted by molar-refractivity contribution is -0.140. The first-order valence-electron chi connectivity index (χ1n) is 11.1. The van der Waals surface area contributed by atoms with Crippen molar-refractivity contribution in [3.8, 4) is 5.75 Å². The summed E-state index contributed by atoms with van der Waals surface area (Å²) >= 11 is 0. The van der Waals surface area contributed by atoms with E-state index in [0.717, 1.165) is 34.2 Å². The summed E-state index contributed by atoms with van der Waals surface area (Å²) in [6.07, 6.45) is 4.18. The van der Waals surface area contributed by atoms with E-state index in [1.165, 1.54) is 11.2 Å². The Hall–Kier alpha value is -4.26. The smallest absolute Gasteiger partial charge is 0.296 e. The maximum atomic E-state index is 13.3. The summed E-state index contributed by atoms with van der Waals surface area (Å²) in [5.74, 6) is -0.228. The second kappa shape index (κ2) is 7.66. The molecule has 1 amide bonds. The summed E-state index contributed by atoms with van der Waals surface area (Å²) in [6.45, 7) is 0.698. The number of aliphatic hydroxyl groups excluding tert-OH is 1. The van der Waals surface area contributed by atoms with Gasteiger partial charge in [-0.1, -0.05) is 18.2 Å². The topological polar surface area (TPSA) is 84.9 Å². The lowest BCUT2D eigenvalue weighted by Crippen LogP contribution is -2.29. The Balaban J connectivity index is 1.56. The molecule has 170 valence electrons. The average Bonchev–Trinajstić information content (AvgIpc) is 3.63. The SMILES string of the molecule is Cn1cc(C2/C(=C(\O)c3ccc4c(c3)CCO4)C(=O)C(=O)N2Cc2ccco2)c2ccccc21. The van der Waals surface area contributed by atoms with Crippen LogP contribution in [0.4, 0.5) is 0 Å². The van der Waals surface area contributed by atoms with Gasteiger partial charge in [-0.05, 0) is 42.0 Å². The Bertz CT molecular complexity index is 1480. The van der Waals surface area contributed by atoms with Crippen molar-refractivity contribution in [1.82, 2.24) is 9.47 Å². The highest BCUT2D eigenvalue weighted by molar-refractivity contribution is 6.46. The van der Waals surface area contributed by atoms with Crippen LogP contribution in [0.15, 0.2) is 77.0 Å². The van der Waals surface area contributed by atoms with Gasteiger partial charge in [-0.15, -0.1) is 0 Å². The monoisotopic (exact) mass is 454 g/mol. The minimum absolute atomic E-state index is 0.0757. The van der Waals surface area contributed by atoms with Gasteiger partial charge in [0.2, 0.25) is 0 Å². The fourth-order valence-electron chi connectivity index (χ4n) is 5.02. The lowest BCUT2D eigenvalue weighted by Gasteiger charge is -2.24. The number of para-hydroxylation sites is 1. The van der Waals surface area contributed by atoms with E-state index >= 15 is 0 Å². The first-order valence-corrected chi connectivity index (χ1v) is 11.1. The number of aromatic nitrogens is 1. The number of hydrogen-bond donors (Lipinski definition) is 1. The largest absolute Gasteiger partial charge is 0.507 e. The molecular weight excluding hydrogens is 432 g/mol. The van der Waals surface area contributed by atoms with E-state index in [-0.39, 0.29) is 17.9 Å². The second-order valence-electron chi connectivity index (χ2n) is 8.64. The minimum atomic E-state index is -0.763. The molecule has 34 heavy (non-hydrogen) atoms. The van der Waals surface area contributed by atoms with Crippen molar-refractivity contribution < 1.29 is 23.8 Å². The van der Waals surface area contributed by atoms with Crippen LogP contribution in [0.5, 0.6) is 5.75 Å². The summed E-state index contributed by atoms with van der Waals surface area (Å²) in [4.78, 5) is 28.1. The number of benzene rings is 2. The van der Waals surface area contributed by atoms with Crippen LogP contribution in [0, 0.1) is 0 Å². The van der Waals surface area contributed by atoms with Crippen molar-refractivity contribution in [1.29, 1.82) is 0 Å². The molecule has 7 nitrogen and oxygen atoms in total. The standard InChI is InChI=1S/C27H22N2O5/c1-28-15-20(19-6-2-3-7-21(19)28)24-23(25(30)17-8-9-22-16(13-17)10-12-34-22)26(31)27(32)29(24)14-18-5-4-11-33-18/h2-9,11,13,15,24,30H,10,12,14H2,1H3/b25-23+. The molecule has 1 fully saturated rings. The van der Waals surface area contributed by atoms with Crippen molar-refractivity contribution in [3.05, 3.63) is 95.1 Å². The van der Waals surface area contributed by atoms with Gasteiger partial charge in [0.1, 0.15) is 17.3 Å². The highest BCUT2D eigenvalue weighted by Gasteiger charge is 2.47. The molecule has 1 atom stereocenters. The third kappa shape index (κ3) is 3.04. The Labute approximate surface area is 195 Å². The highest BCUT2D eigenvalue weighted by atomic mass is 16.5. The van der Waals surface area contributed by atoms with Crippen molar-refractivity contribution in [2.24, 2.45) is 7.05 Å². The van der Waals surface area contributed by atoms with E-state index in [9.17, 15) is 14.7 Å². The molecule has 4 aromatic rings. The number of ether oxygens (including phenoxy) is 1. The Morgan fingerprint density at radius 2 is 1.97 bits per heavy atom. The molecular formula is C27H22N2O5. The number of nitrogens with zero attached hydrogens (tertiary/aromatic N) is 2. The van der Waals surface area contributed by atoms with E-state index < -0.39 is 17.7 Å². The molecule has 2 aliphatic rings. The number of amides is 1. The number of carbonyl (C=O) groups excluding carboxylic acids is 2. The van der Waals surface area contributed by atoms with Crippen LogP contribution < -0.4 is 4.74 Å². The van der Waals surface area contributed by atoms with Crippen LogP contribution in [0.2, 0.25) is 0 Å². The van der Waals surface area contributed by atoms with E-state index in [2.05, 4.69) is 0 Å². The molecule has 0 bridgehead atoms. The normalized spacial score (nSPS) is 19.1. The van der Waals surface area contributed by atoms with Crippen LogP contribution >= 0.6 is 0 Å². The predicted molar refractivity (Wildman–Crippen MR) is 125 cm³/mol. The summed E-state index contributed by atoms with van der Waals surface area (Å²) in [5.41, 5.74) is 3.28. The maximum absolute atomic E-state index is 13.3. The Morgan fingerprint density at radius 3 is 2.79 bits per heavy atom. The zero-order valence-electron chi connectivity index (χ0n) is 18.5. The molecule has 0 saturated carbocycles. The Kier molecular flexibility index (Phi) is 4.58. The summed E-state index contributed by atoms with van der Waals surface area (Å²) in [6, 6.07) is 15.9. The number of hydrogen-bond acceptors (Lipinski definition) is 5. The number of Topliss-reactive ketones (excluding diaryl/α,β-unsaturated/α-hetero) is 1. The number of rotatable bonds is 4. The van der Waals surface area contributed by atoms with Crippen molar-refractivity contribution >= 4 is 28.4 Å². The number of aryl methyl sites for hydroxylation is 1. The summed E-state index contributed by atoms with van der Waals surface area (Å²) in [7, 11) is 1.92. The van der Waals surface area contributed by atoms with E-state index in [1.807, 2.05) is 48.1 Å². The number of likely N-dealkylation sites (tertiary alicyclic amines) is 1. The third-order valence-electron chi connectivity index (χ3n) is 6.63. The van der Waals surface area contributed by atoms with Gasteiger partial charge in [-0.3, -0.25) is 9.59 Å². The molecule has 4 heterocycles. The van der Waals surface area contributed by atoms with Gasteiger partial charge in [0, 0.05) is 41.7 Å². The van der Waals surface area contributed by atoms with Gasteiger partial charge in [-0.2, -0.15) is 0 Å². The molecule has 1 N–H and O–H groups in total. The average molecular weight is 454 g/mol. The molecule has 2 aromatic heterocycles. The number of aliphatic hydroxyl groups is 1. The molecule has 0 radical (unpaired) electrons. The molecule has 0 aliphatic carbocycles. The van der Waals surface area contributed by atoms with E-state index in [1.54, 1.807) is 24.3 Å². The molecule has 7 heteroatoms. The van der Waals surface area contributed by atoms with Gasteiger partial charge < -0.3 is 23.7 Å². The van der Waals surface area contributed by atoms with Gasteiger partial charge >= 0.3 is 0 Å². The van der Waals surface area contributed by atoms with Crippen LogP contribution in [0.25, 0.3) is 16.7 Å². The van der Waals surface area contributed by atoms with E-state index in [0.29, 0.717) is 17.9 Å². The van der Waals surface area contributed by atoms with Crippen LogP contribution in [0.1, 0.15) is 28.5 Å². The minimum Gasteiger partial charge on any atom is -0.507 e. The predicted octanol–water partition coefficient (Wildman–Crippen LogP) is 4.33. The summed E-state index contributed by atoms with van der Waals surface area (Å²) < 4.78 is 13.0. The first kappa shape index (κ1) is 20.4. The number of ketones is 1. The zero-order valence-corrected chi connectivity index (χ0v) is 18.5. The molecule has 2 aliphatic heterocycles. The first-order chi connectivity index (χ1) is 16.5. The zero-order chi connectivity index (χ0) is 23.4. The Morgan fingerprint density at radius 1 is 1.12 bits per heavy atom. The molecule has 6 rings (SSSR count). The lowest BCUT2D eigenvalue weighted by atomic mass is 9.94. The molecule has 0 spiro atoms. The number of fused-ring (bicyclic) bond motifs is 2. The third-order valence-corrected chi connectivity index (χ3v) is 6.63. The fourth-order valence-corrected chi connectivity index (χ4v) is 5.02. The quantitative estimate of drug-likeness (QED) is 0.282. The highest BCUT2D eigenvalue weighted by Crippen LogP contribution is 2.43. The number of furan rings is 1. The summed E-state index contributed by atoms with van der Waals surface area (Å²) in [5, 5.41) is 12.3. The van der Waals surface area contributed by atoms with Crippen molar-refractivity contribution in [2.45, 2.75) is 19.0 Å². The van der Waals surface area contributed by atoms with Crippen molar-refractivity contribution in [3.63, 3.8) is 0 Å².